The molecule has 2 aromatic heterocycles. The van der Waals surface area contributed by atoms with Crippen LogP contribution in [0.4, 0.5) is 11.5 Å². The van der Waals surface area contributed by atoms with E-state index in [1.54, 1.807) is 6.07 Å². The smallest absolute Gasteiger partial charge is 0.229 e. The van der Waals surface area contributed by atoms with Gasteiger partial charge in [-0.1, -0.05) is 11.6 Å². The SMILES string of the molecule is O=C(Nc1ccc2[nH]ccc2c1)C1CCCN(c2ccc(Cl)nn2)C1. The fourth-order valence-electron chi connectivity index (χ4n) is 3.25. The van der Waals surface area contributed by atoms with Crippen molar-refractivity contribution in [1.82, 2.24) is 15.2 Å². The van der Waals surface area contributed by atoms with Crippen LogP contribution in [-0.2, 0) is 4.79 Å². The Kier molecular flexibility index (Phi) is 4.28. The molecule has 3 aromatic rings. The largest absolute Gasteiger partial charge is 0.361 e. The zero-order valence-corrected chi connectivity index (χ0v) is 14.3. The normalized spacial score (nSPS) is 17.6. The number of carbonyl (C=O) groups is 1. The average Bonchev–Trinajstić information content (AvgIpc) is 3.10. The fourth-order valence-corrected chi connectivity index (χ4v) is 3.35. The lowest BCUT2D eigenvalue weighted by Crippen LogP contribution is -2.41. The van der Waals surface area contributed by atoms with E-state index < -0.39 is 0 Å². The van der Waals surface area contributed by atoms with Gasteiger partial charge in [0.1, 0.15) is 0 Å². The van der Waals surface area contributed by atoms with E-state index in [2.05, 4.69) is 25.4 Å². The highest BCUT2D eigenvalue weighted by Gasteiger charge is 2.26. The third-order valence-corrected chi connectivity index (χ3v) is 4.76. The number of hydrogen-bond acceptors (Lipinski definition) is 4. The Morgan fingerprint density at radius 3 is 3.00 bits per heavy atom. The summed E-state index contributed by atoms with van der Waals surface area (Å²) in [4.78, 5) is 17.9. The van der Waals surface area contributed by atoms with Gasteiger partial charge in [0.2, 0.25) is 5.91 Å². The molecule has 1 atom stereocenters. The Morgan fingerprint density at radius 1 is 1.24 bits per heavy atom. The molecule has 1 unspecified atom stereocenters. The number of piperidine rings is 1. The molecule has 1 fully saturated rings. The molecule has 128 valence electrons. The number of fused-ring (bicyclic) bond motifs is 1. The fraction of sp³-hybridized carbons (Fsp3) is 0.278. The van der Waals surface area contributed by atoms with Crippen molar-refractivity contribution in [2.75, 3.05) is 23.3 Å². The number of amides is 1. The summed E-state index contributed by atoms with van der Waals surface area (Å²) < 4.78 is 0. The predicted molar refractivity (Wildman–Crippen MR) is 98.9 cm³/mol. The maximum Gasteiger partial charge on any atom is 0.229 e. The van der Waals surface area contributed by atoms with Crippen LogP contribution in [0.2, 0.25) is 5.15 Å². The number of nitrogens with one attached hydrogen (secondary N) is 2. The van der Waals surface area contributed by atoms with Gasteiger partial charge in [-0.2, -0.15) is 0 Å². The summed E-state index contributed by atoms with van der Waals surface area (Å²) in [5.74, 6) is 0.727. The van der Waals surface area contributed by atoms with Crippen molar-refractivity contribution in [1.29, 1.82) is 0 Å². The quantitative estimate of drug-likeness (QED) is 0.754. The zero-order chi connectivity index (χ0) is 17.2. The number of aromatic amines is 1. The van der Waals surface area contributed by atoms with Crippen LogP contribution in [-0.4, -0.2) is 34.2 Å². The van der Waals surface area contributed by atoms with Crippen molar-refractivity contribution in [3.05, 3.63) is 47.7 Å². The monoisotopic (exact) mass is 355 g/mol. The number of carbonyl (C=O) groups excluding carboxylic acids is 1. The number of aromatic nitrogens is 3. The van der Waals surface area contributed by atoms with Crippen LogP contribution < -0.4 is 10.2 Å². The number of anilines is 2. The van der Waals surface area contributed by atoms with Crippen LogP contribution in [0.15, 0.2) is 42.6 Å². The zero-order valence-electron chi connectivity index (χ0n) is 13.6. The molecule has 1 aromatic carbocycles. The lowest BCUT2D eigenvalue weighted by atomic mass is 9.97. The van der Waals surface area contributed by atoms with Crippen molar-refractivity contribution in [2.45, 2.75) is 12.8 Å². The molecule has 0 aliphatic carbocycles. The van der Waals surface area contributed by atoms with Crippen molar-refractivity contribution in [3.63, 3.8) is 0 Å². The van der Waals surface area contributed by atoms with Gasteiger partial charge < -0.3 is 15.2 Å². The Balaban J connectivity index is 1.45. The van der Waals surface area contributed by atoms with E-state index in [-0.39, 0.29) is 11.8 Å². The minimum absolute atomic E-state index is 0.0431. The number of nitrogens with zero attached hydrogens (tertiary/aromatic N) is 3. The van der Waals surface area contributed by atoms with Gasteiger partial charge in [0.05, 0.1) is 5.92 Å². The van der Waals surface area contributed by atoms with E-state index >= 15 is 0 Å². The van der Waals surface area contributed by atoms with Gasteiger partial charge in [-0.25, -0.2) is 0 Å². The number of rotatable bonds is 3. The second-order valence-corrected chi connectivity index (χ2v) is 6.66. The van der Waals surface area contributed by atoms with Crippen LogP contribution in [0.25, 0.3) is 10.9 Å². The number of halogens is 1. The minimum atomic E-state index is -0.0758. The average molecular weight is 356 g/mol. The van der Waals surface area contributed by atoms with Crippen LogP contribution in [0.1, 0.15) is 12.8 Å². The molecule has 1 aliphatic heterocycles. The lowest BCUT2D eigenvalue weighted by Gasteiger charge is -2.32. The molecule has 0 radical (unpaired) electrons. The number of hydrogen-bond donors (Lipinski definition) is 2. The molecule has 0 bridgehead atoms. The van der Waals surface area contributed by atoms with Crippen molar-refractivity contribution >= 4 is 39.9 Å². The standard InChI is InChI=1S/C18H18ClN5O/c19-16-5-6-17(23-22-16)24-9-1-2-13(11-24)18(25)21-14-3-4-15-12(10-14)7-8-20-15/h3-8,10,13,20H,1-2,9,11H2,(H,21,25). The van der Waals surface area contributed by atoms with Gasteiger partial charge in [-0.05, 0) is 49.2 Å². The summed E-state index contributed by atoms with van der Waals surface area (Å²) in [7, 11) is 0. The minimum Gasteiger partial charge on any atom is -0.361 e. The summed E-state index contributed by atoms with van der Waals surface area (Å²) in [6.07, 6.45) is 3.71. The van der Waals surface area contributed by atoms with Crippen LogP contribution >= 0.6 is 11.6 Å². The summed E-state index contributed by atoms with van der Waals surface area (Å²) in [5, 5.41) is 12.5. The van der Waals surface area contributed by atoms with Crippen LogP contribution in [0.5, 0.6) is 0 Å². The first-order chi connectivity index (χ1) is 12.2. The van der Waals surface area contributed by atoms with Gasteiger partial charge in [0.15, 0.2) is 11.0 Å². The Morgan fingerprint density at radius 2 is 2.16 bits per heavy atom. The summed E-state index contributed by atoms with van der Waals surface area (Å²) in [5.41, 5.74) is 1.88. The van der Waals surface area contributed by atoms with Gasteiger partial charge in [0, 0.05) is 35.9 Å². The van der Waals surface area contributed by atoms with E-state index in [0.29, 0.717) is 11.7 Å². The molecular formula is C18H18ClN5O. The van der Waals surface area contributed by atoms with Gasteiger partial charge in [0.25, 0.3) is 0 Å². The summed E-state index contributed by atoms with van der Waals surface area (Å²) in [6.45, 7) is 1.50. The molecule has 0 saturated carbocycles. The first-order valence-electron chi connectivity index (χ1n) is 8.31. The second-order valence-electron chi connectivity index (χ2n) is 6.27. The summed E-state index contributed by atoms with van der Waals surface area (Å²) in [6, 6.07) is 11.4. The maximum absolute atomic E-state index is 12.7. The highest BCUT2D eigenvalue weighted by atomic mass is 35.5. The first kappa shape index (κ1) is 15.9. The molecule has 1 amide bonds. The number of H-pyrrole nitrogens is 1. The van der Waals surface area contributed by atoms with Crippen molar-refractivity contribution < 1.29 is 4.79 Å². The predicted octanol–water partition coefficient (Wildman–Crippen LogP) is 3.47. The highest BCUT2D eigenvalue weighted by molar-refractivity contribution is 6.29. The van der Waals surface area contributed by atoms with Crippen molar-refractivity contribution in [2.24, 2.45) is 5.92 Å². The van der Waals surface area contributed by atoms with Crippen LogP contribution in [0.3, 0.4) is 0 Å². The molecule has 4 rings (SSSR count). The Hall–Kier alpha value is -2.60. The van der Waals surface area contributed by atoms with E-state index in [1.165, 1.54) is 0 Å². The molecule has 6 nitrogen and oxygen atoms in total. The Labute approximate surface area is 150 Å². The molecule has 1 saturated heterocycles. The maximum atomic E-state index is 12.7. The van der Waals surface area contributed by atoms with Crippen LogP contribution in [0, 0.1) is 5.92 Å². The lowest BCUT2D eigenvalue weighted by molar-refractivity contribution is -0.120. The number of benzene rings is 1. The molecule has 7 heteroatoms. The molecule has 2 N–H and O–H groups in total. The van der Waals surface area contributed by atoms with Gasteiger partial charge >= 0.3 is 0 Å². The topological polar surface area (TPSA) is 73.9 Å². The molecular weight excluding hydrogens is 338 g/mol. The molecule has 25 heavy (non-hydrogen) atoms. The van der Waals surface area contributed by atoms with E-state index in [0.717, 1.165) is 41.8 Å². The first-order valence-corrected chi connectivity index (χ1v) is 8.69. The van der Waals surface area contributed by atoms with E-state index in [4.69, 9.17) is 11.6 Å². The van der Waals surface area contributed by atoms with E-state index in [1.807, 2.05) is 36.5 Å². The van der Waals surface area contributed by atoms with Crippen molar-refractivity contribution in [3.8, 4) is 0 Å². The van der Waals surface area contributed by atoms with Gasteiger partial charge in [-0.3, -0.25) is 4.79 Å². The third kappa shape index (κ3) is 3.44. The summed E-state index contributed by atoms with van der Waals surface area (Å²) >= 11 is 5.79. The van der Waals surface area contributed by atoms with Gasteiger partial charge in [-0.15, -0.1) is 10.2 Å². The Bertz CT molecular complexity index is 892. The molecule has 0 spiro atoms. The highest BCUT2D eigenvalue weighted by Crippen LogP contribution is 2.24. The van der Waals surface area contributed by atoms with E-state index in [9.17, 15) is 4.79 Å². The molecule has 3 heterocycles. The second kappa shape index (κ2) is 6.72. The molecule has 1 aliphatic rings. The third-order valence-electron chi connectivity index (χ3n) is 4.55.